The van der Waals surface area contributed by atoms with Crippen molar-refractivity contribution in [2.24, 2.45) is 7.05 Å². The maximum absolute atomic E-state index is 9.55. The van der Waals surface area contributed by atoms with Gasteiger partial charge in [-0.25, -0.2) is 14.6 Å². The van der Waals surface area contributed by atoms with Gasteiger partial charge in [0.15, 0.2) is 5.82 Å². The first-order valence-corrected chi connectivity index (χ1v) is 10.9. The number of aryl methyl sites for hydroxylation is 1. The molecule has 0 amide bonds. The van der Waals surface area contributed by atoms with E-state index < -0.39 is 11.9 Å². The predicted octanol–water partition coefficient (Wildman–Crippen LogP) is 1.92. The van der Waals surface area contributed by atoms with Crippen molar-refractivity contribution in [1.29, 1.82) is 0 Å². The molecule has 1 aliphatic heterocycles. The molecular weight excluding hydrogens is 452 g/mol. The van der Waals surface area contributed by atoms with Crippen molar-refractivity contribution in [2.75, 3.05) is 38.2 Å². The maximum Gasteiger partial charge on any atom is 0.328 e. The van der Waals surface area contributed by atoms with Crippen LogP contribution in [0, 0.1) is 0 Å². The Morgan fingerprint density at radius 2 is 1.63 bits per heavy atom. The summed E-state index contributed by atoms with van der Waals surface area (Å²) in [6.45, 7) is 4.79. The van der Waals surface area contributed by atoms with Crippen LogP contribution in [0.3, 0.4) is 0 Å². The molecule has 0 bridgehead atoms. The zero-order valence-corrected chi connectivity index (χ0v) is 19.6. The van der Waals surface area contributed by atoms with Gasteiger partial charge >= 0.3 is 11.9 Å². The fraction of sp³-hybridized carbons (Fsp3) is 0.292. The lowest BCUT2D eigenvalue weighted by Gasteiger charge is -2.35. The molecule has 184 valence electrons. The summed E-state index contributed by atoms with van der Waals surface area (Å²) in [7, 11) is 3.63. The number of anilines is 1. The fourth-order valence-corrected chi connectivity index (χ4v) is 3.59. The topological polar surface area (TPSA) is 134 Å². The number of carbonyl (C=O) groups is 2. The van der Waals surface area contributed by atoms with Crippen molar-refractivity contribution in [3.8, 4) is 17.0 Å². The average molecular weight is 481 g/mol. The van der Waals surface area contributed by atoms with Crippen LogP contribution in [-0.4, -0.2) is 80.1 Å². The molecule has 0 atom stereocenters. The third kappa shape index (κ3) is 7.64. The largest absolute Gasteiger partial charge is 0.497 e. The Balaban J connectivity index is 0.000000371. The highest BCUT2D eigenvalue weighted by Crippen LogP contribution is 2.28. The van der Waals surface area contributed by atoms with Crippen LogP contribution in [0.4, 0.5) is 5.82 Å². The Bertz CT molecular complexity index is 1140. The first kappa shape index (κ1) is 25.4. The quantitative estimate of drug-likeness (QED) is 0.483. The number of aromatic nitrogens is 4. The SMILES string of the molecule is COc1ccc(-c2nccnc2N2CCN(Cc3cnn(C)c3)CC2)cc1.O=C(O)/C=C/C(=O)O. The monoisotopic (exact) mass is 480 g/mol. The van der Waals surface area contributed by atoms with E-state index in [1.807, 2.05) is 42.2 Å². The summed E-state index contributed by atoms with van der Waals surface area (Å²) in [5.74, 6) is -0.725. The summed E-state index contributed by atoms with van der Waals surface area (Å²) in [6.07, 6.45) is 8.66. The van der Waals surface area contributed by atoms with E-state index in [0.717, 1.165) is 55.5 Å². The van der Waals surface area contributed by atoms with E-state index in [9.17, 15) is 9.59 Å². The van der Waals surface area contributed by atoms with E-state index >= 15 is 0 Å². The number of hydrogen-bond donors (Lipinski definition) is 2. The normalized spacial score (nSPS) is 13.8. The second kappa shape index (κ2) is 12.3. The van der Waals surface area contributed by atoms with Crippen LogP contribution >= 0.6 is 0 Å². The van der Waals surface area contributed by atoms with Crippen LogP contribution in [-0.2, 0) is 23.2 Å². The molecule has 0 unspecified atom stereocenters. The van der Waals surface area contributed by atoms with Gasteiger partial charge < -0.3 is 19.8 Å². The number of rotatable bonds is 7. The molecule has 2 aromatic heterocycles. The molecule has 1 saturated heterocycles. The van der Waals surface area contributed by atoms with Gasteiger partial charge in [-0.3, -0.25) is 14.6 Å². The highest BCUT2D eigenvalue weighted by Gasteiger charge is 2.21. The lowest BCUT2D eigenvalue weighted by atomic mass is 10.1. The van der Waals surface area contributed by atoms with Crippen LogP contribution in [0.2, 0.25) is 0 Å². The molecule has 3 aromatic rings. The smallest absolute Gasteiger partial charge is 0.328 e. The molecule has 1 aromatic carbocycles. The predicted molar refractivity (Wildman–Crippen MR) is 129 cm³/mol. The lowest BCUT2D eigenvalue weighted by molar-refractivity contribution is -0.134. The average Bonchev–Trinajstić information content (AvgIpc) is 3.28. The number of methoxy groups -OCH3 is 1. The number of nitrogens with zero attached hydrogens (tertiary/aromatic N) is 6. The van der Waals surface area contributed by atoms with E-state index in [-0.39, 0.29) is 0 Å². The molecule has 4 rings (SSSR count). The van der Waals surface area contributed by atoms with Crippen LogP contribution in [0.1, 0.15) is 5.56 Å². The Kier molecular flexibility index (Phi) is 8.90. The van der Waals surface area contributed by atoms with Crippen molar-refractivity contribution in [3.63, 3.8) is 0 Å². The Labute approximate surface area is 202 Å². The van der Waals surface area contributed by atoms with Gasteiger partial charge in [0.25, 0.3) is 0 Å². The van der Waals surface area contributed by atoms with Crippen molar-refractivity contribution in [1.82, 2.24) is 24.6 Å². The molecule has 35 heavy (non-hydrogen) atoms. The molecular formula is C24H28N6O5. The molecule has 11 heteroatoms. The van der Waals surface area contributed by atoms with Gasteiger partial charge in [-0.05, 0) is 24.3 Å². The van der Waals surface area contributed by atoms with E-state index in [4.69, 9.17) is 14.9 Å². The minimum Gasteiger partial charge on any atom is -0.497 e. The first-order valence-electron chi connectivity index (χ1n) is 10.9. The summed E-state index contributed by atoms with van der Waals surface area (Å²) in [4.78, 5) is 33.1. The molecule has 2 N–H and O–H groups in total. The van der Waals surface area contributed by atoms with Gasteiger partial charge in [-0.15, -0.1) is 0 Å². The summed E-state index contributed by atoms with van der Waals surface area (Å²) in [6, 6.07) is 7.98. The second-order valence-electron chi connectivity index (χ2n) is 7.75. The van der Waals surface area contributed by atoms with Gasteiger partial charge in [0, 0.05) is 81.6 Å². The summed E-state index contributed by atoms with van der Waals surface area (Å²) < 4.78 is 7.11. The third-order valence-electron chi connectivity index (χ3n) is 5.25. The zero-order valence-electron chi connectivity index (χ0n) is 19.6. The Morgan fingerprint density at radius 1 is 1.00 bits per heavy atom. The molecule has 0 radical (unpaired) electrons. The van der Waals surface area contributed by atoms with Crippen LogP contribution in [0.5, 0.6) is 5.75 Å². The van der Waals surface area contributed by atoms with Gasteiger partial charge in [-0.1, -0.05) is 0 Å². The number of carboxylic acid groups (broad SMARTS) is 2. The van der Waals surface area contributed by atoms with Crippen molar-refractivity contribution in [2.45, 2.75) is 6.54 Å². The Morgan fingerprint density at radius 3 is 2.17 bits per heavy atom. The maximum atomic E-state index is 9.55. The van der Waals surface area contributed by atoms with Crippen molar-refractivity contribution in [3.05, 3.63) is 66.8 Å². The molecule has 3 heterocycles. The molecule has 0 spiro atoms. The van der Waals surface area contributed by atoms with Gasteiger partial charge in [0.1, 0.15) is 11.4 Å². The van der Waals surface area contributed by atoms with Crippen LogP contribution in [0.15, 0.2) is 61.2 Å². The van der Waals surface area contributed by atoms with E-state index in [1.165, 1.54) is 5.56 Å². The highest BCUT2D eigenvalue weighted by atomic mass is 16.5. The van der Waals surface area contributed by atoms with Crippen LogP contribution in [0.25, 0.3) is 11.3 Å². The number of aliphatic carboxylic acids is 2. The van der Waals surface area contributed by atoms with Crippen molar-refractivity contribution >= 4 is 17.8 Å². The Hall–Kier alpha value is -4.25. The minimum absolute atomic E-state index is 0.558. The number of carboxylic acids is 2. The number of ether oxygens (including phenoxy) is 1. The van der Waals surface area contributed by atoms with Gasteiger partial charge in [-0.2, -0.15) is 5.10 Å². The number of hydrogen-bond acceptors (Lipinski definition) is 8. The van der Waals surface area contributed by atoms with Crippen LogP contribution < -0.4 is 9.64 Å². The molecule has 1 aliphatic rings. The number of benzene rings is 1. The standard InChI is InChI=1S/C20H24N6O.C4H4O4/c1-24-14-16(13-23-24)15-25-9-11-26(12-10-25)20-19(21-7-8-22-20)17-3-5-18(27-2)6-4-17;5-3(6)1-2-4(7)8/h3-8,13-14H,9-12,15H2,1-2H3;1-2H,(H,5,6)(H,7,8)/b;2-1+. The molecule has 0 saturated carbocycles. The molecule has 1 fully saturated rings. The van der Waals surface area contributed by atoms with Crippen molar-refractivity contribution < 1.29 is 24.5 Å². The fourth-order valence-electron chi connectivity index (χ4n) is 3.59. The summed E-state index contributed by atoms with van der Waals surface area (Å²) in [5.41, 5.74) is 3.22. The zero-order chi connectivity index (χ0) is 25.2. The first-order chi connectivity index (χ1) is 16.9. The van der Waals surface area contributed by atoms with E-state index in [2.05, 4.69) is 31.1 Å². The summed E-state index contributed by atoms with van der Waals surface area (Å²) in [5, 5.41) is 19.9. The minimum atomic E-state index is -1.26. The third-order valence-corrected chi connectivity index (χ3v) is 5.25. The summed E-state index contributed by atoms with van der Waals surface area (Å²) >= 11 is 0. The van der Waals surface area contributed by atoms with E-state index in [1.54, 1.807) is 19.5 Å². The molecule has 11 nitrogen and oxygen atoms in total. The highest BCUT2D eigenvalue weighted by molar-refractivity contribution is 5.89. The molecule has 0 aliphatic carbocycles. The van der Waals surface area contributed by atoms with Gasteiger partial charge in [0.05, 0.1) is 13.3 Å². The van der Waals surface area contributed by atoms with Gasteiger partial charge in [0.2, 0.25) is 0 Å². The second-order valence-corrected chi connectivity index (χ2v) is 7.75. The number of piperazine rings is 1. The lowest BCUT2D eigenvalue weighted by Crippen LogP contribution is -2.46. The van der Waals surface area contributed by atoms with E-state index in [0.29, 0.717) is 12.2 Å².